The van der Waals surface area contributed by atoms with Gasteiger partial charge in [0.15, 0.2) is 0 Å². The van der Waals surface area contributed by atoms with Crippen molar-refractivity contribution in [1.82, 2.24) is 19.9 Å². The fourth-order valence-corrected chi connectivity index (χ4v) is 4.31. The number of hydrogen-bond acceptors (Lipinski definition) is 5. The van der Waals surface area contributed by atoms with E-state index in [1.165, 1.54) is 35.5 Å². The van der Waals surface area contributed by atoms with E-state index < -0.39 is 28.8 Å². The molecule has 2 aromatic rings. The van der Waals surface area contributed by atoms with Crippen LogP contribution in [-0.4, -0.2) is 63.2 Å². The highest BCUT2D eigenvalue weighted by Gasteiger charge is 2.44. The molecule has 2 heterocycles. The fraction of sp³-hybridized carbons (Fsp3) is 0.438. The van der Waals surface area contributed by atoms with Gasteiger partial charge in [-0.3, -0.25) is 9.88 Å². The Morgan fingerprint density at radius 1 is 1.23 bits per heavy atom. The van der Waals surface area contributed by atoms with E-state index >= 15 is 0 Å². The summed E-state index contributed by atoms with van der Waals surface area (Å²) < 4.78 is 67.7. The van der Waals surface area contributed by atoms with Crippen LogP contribution in [0, 0.1) is 0 Å². The fourth-order valence-electron chi connectivity index (χ4n) is 3.04. The first kappa shape index (κ1) is 19.0. The summed E-state index contributed by atoms with van der Waals surface area (Å²) in [4.78, 5) is 5.13. The molecule has 1 aliphatic rings. The first-order valence-electron chi connectivity index (χ1n) is 8.13. The molecule has 142 valence electrons. The topological polar surface area (TPSA) is 74.3 Å². The van der Waals surface area contributed by atoms with Crippen molar-refractivity contribution in [1.29, 1.82) is 0 Å². The molecule has 1 saturated heterocycles. The normalized spacial score (nSPS) is 18.1. The van der Waals surface area contributed by atoms with Crippen LogP contribution < -0.4 is 10.0 Å². The van der Waals surface area contributed by atoms with Crippen LogP contribution in [0.3, 0.4) is 0 Å². The third kappa shape index (κ3) is 4.14. The molecule has 1 fully saturated rings. The third-order valence-corrected chi connectivity index (χ3v) is 5.85. The number of sulfonamides is 1. The average molecular weight is 388 g/mol. The van der Waals surface area contributed by atoms with E-state index in [0.717, 1.165) is 0 Å². The summed E-state index contributed by atoms with van der Waals surface area (Å²) in [5.74, 6) is 0. The molecule has 26 heavy (non-hydrogen) atoms. The van der Waals surface area contributed by atoms with Crippen LogP contribution >= 0.6 is 0 Å². The molecule has 10 heteroatoms. The van der Waals surface area contributed by atoms with Crippen molar-refractivity contribution in [3.8, 4) is 0 Å². The molecular weight excluding hydrogens is 369 g/mol. The van der Waals surface area contributed by atoms with E-state index in [1.54, 1.807) is 6.07 Å². The summed E-state index contributed by atoms with van der Waals surface area (Å²) in [6.07, 6.45) is -1.57. The summed E-state index contributed by atoms with van der Waals surface area (Å²) >= 11 is 0. The summed E-state index contributed by atoms with van der Waals surface area (Å²) in [6, 6.07) is 4.27. The van der Waals surface area contributed by atoms with Crippen LogP contribution in [0.5, 0.6) is 0 Å². The molecule has 0 amide bonds. The monoisotopic (exact) mass is 388 g/mol. The molecule has 1 aromatic heterocycles. The Kier molecular flexibility index (Phi) is 5.47. The molecule has 3 rings (SSSR count). The minimum atomic E-state index is -4.53. The lowest BCUT2D eigenvalue weighted by Crippen LogP contribution is -2.57. The summed E-state index contributed by atoms with van der Waals surface area (Å²) in [7, 11) is -4.10. The lowest BCUT2D eigenvalue weighted by molar-refractivity contribution is -0.182. The maximum Gasteiger partial charge on any atom is 0.405 e. The van der Waals surface area contributed by atoms with E-state index in [2.05, 4.69) is 15.0 Å². The van der Waals surface area contributed by atoms with E-state index in [1.807, 2.05) is 0 Å². The van der Waals surface area contributed by atoms with Gasteiger partial charge in [0.25, 0.3) is 0 Å². The Hall–Kier alpha value is -1.75. The SMILES string of the molecule is O=S(=O)(NCC(N1CCNCC1)C(F)(F)F)c1cccc2cnccc12. The Bertz CT molecular complexity index is 862. The van der Waals surface area contributed by atoms with E-state index in [9.17, 15) is 21.6 Å². The van der Waals surface area contributed by atoms with Crippen molar-refractivity contribution < 1.29 is 21.6 Å². The average Bonchev–Trinajstić information content (AvgIpc) is 2.61. The van der Waals surface area contributed by atoms with Gasteiger partial charge in [0, 0.05) is 55.9 Å². The number of nitrogens with zero attached hydrogens (tertiary/aromatic N) is 2. The number of fused-ring (bicyclic) bond motifs is 1. The van der Waals surface area contributed by atoms with Gasteiger partial charge in [-0.2, -0.15) is 13.2 Å². The molecule has 0 radical (unpaired) electrons. The van der Waals surface area contributed by atoms with Gasteiger partial charge in [-0.1, -0.05) is 12.1 Å². The lowest BCUT2D eigenvalue weighted by atomic mass is 10.2. The van der Waals surface area contributed by atoms with Gasteiger partial charge in [0.05, 0.1) is 4.90 Å². The maximum atomic E-state index is 13.4. The van der Waals surface area contributed by atoms with Gasteiger partial charge in [0.1, 0.15) is 6.04 Å². The van der Waals surface area contributed by atoms with Crippen molar-refractivity contribution in [3.05, 3.63) is 36.7 Å². The van der Waals surface area contributed by atoms with E-state index in [0.29, 0.717) is 23.9 Å². The van der Waals surface area contributed by atoms with Crippen molar-refractivity contribution >= 4 is 20.8 Å². The number of rotatable bonds is 5. The molecule has 1 aromatic carbocycles. The molecule has 0 spiro atoms. The number of halogens is 3. The first-order chi connectivity index (χ1) is 12.3. The molecular formula is C16H19F3N4O2S. The van der Waals surface area contributed by atoms with Gasteiger partial charge in [-0.25, -0.2) is 13.1 Å². The zero-order valence-corrected chi connectivity index (χ0v) is 14.6. The number of alkyl halides is 3. The van der Waals surface area contributed by atoms with Crippen LogP contribution in [0.25, 0.3) is 10.8 Å². The van der Waals surface area contributed by atoms with Crippen LogP contribution in [-0.2, 0) is 10.0 Å². The van der Waals surface area contributed by atoms with E-state index in [-0.39, 0.29) is 18.0 Å². The van der Waals surface area contributed by atoms with Gasteiger partial charge < -0.3 is 5.32 Å². The quantitative estimate of drug-likeness (QED) is 0.809. The molecule has 2 N–H and O–H groups in total. The Balaban J connectivity index is 1.83. The second-order valence-corrected chi connectivity index (χ2v) is 7.78. The molecule has 0 aliphatic carbocycles. The third-order valence-electron chi connectivity index (χ3n) is 4.37. The molecule has 1 atom stereocenters. The Morgan fingerprint density at radius 2 is 1.96 bits per heavy atom. The van der Waals surface area contributed by atoms with Crippen LogP contribution in [0.1, 0.15) is 0 Å². The standard InChI is InChI=1S/C16H19F3N4O2S/c17-16(18,19)15(23-8-6-20-7-9-23)11-22-26(24,25)14-3-1-2-12-10-21-5-4-13(12)14/h1-5,10,15,20,22H,6-9,11H2. The number of benzene rings is 1. The highest BCUT2D eigenvalue weighted by Crippen LogP contribution is 2.26. The molecule has 1 unspecified atom stereocenters. The van der Waals surface area contributed by atoms with Crippen molar-refractivity contribution in [2.75, 3.05) is 32.7 Å². The van der Waals surface area contributed by atoms with Gasteiger partial charge in [-0.15, -0.1) is 0 Å². The second kappa shape index (κ2) is 7.47. The van der Waals surface area contributed by atoms with E-state index in [4.69, 9.17) is 0 Å². The first-order valence-corrected chi connectivity index (χ1v) is 9.61. The summed E-state index contributed by atoms with van der Waals surface area (Å²) in [5, 5.41) is 4.00. The number of hydrogen-bond donors (Lipinski definition) is 2. The minimum absolute atomic E-state index is 0.0568. The predicted octanol–water partition coefficient (Wildman–Crippen LogP) is 1.35. The number of piperazine rings is 1. The Labute approximate surface area is 149 Å². The van der Waals surface area contributed by atoms with Gasteiger partial charge in [0.2, 0.25) is 10.0 Å². The van der Waals surface area contributed by atoms with Crippen molar-refractivity contribution in [3.63, 3.8) is 0 Å². The Morgan fingerprint density at radius 3 is 2.65 bits per heavy atom. The number of pyridine rings is 1. The lowest BCUT2D eigenvalue weighted by Gasteiger charge is -2.35. The number of aromatic nitrogens is 1. The highest BCUT2D eigenvalue weighted by atomic mass is 32.2. The van der Waals surface area contributed by atoms with Crippen LogP contribution in [0.4, 0.5) is 13.2 Å². The minimum Gasteiger partial charge on any atom is -0.314 e. The zero-order chi connectivity index (χ0) is 18.8. The molecule has 1 aliphatic heterocycles. The summed E-state index contributed by atoms with van der Waals surface area (Å²) in [5.41, 5.74) is 0. The maximum absolute atomic E-state index is 13.4. The smallest absolute Gasteiger partial charge is 0.314 e. The highest BCUT2D eigenvalue weighted by molar-refractivity contribution is 7.89. The van der Waals surface area contributed by atoms with Crippen molar-refractivity contribution in [2.45, 2.75) is 17.1 Å². The van der Waals surface area contributed by atoms with Crippen molar-refractivity contribution in [2.24, 2.45) is 0 Å². The molecule has 6 nitrogen and oxygen atoms in total. The van der Waals surface area contributed by atoms with Gasteiger partial charge in [-0.05, 0) is 12.1 Å². The summed E-state index contributed by atoms with van der Waals surface area (Å²) in [6.45, 7) is 0.580. The largest absolute Gasteiger partial charge is 0.405 e. The van der Waals surface area contributed by atoms with Crippen LogP contribution in [0.15, 0.2) is 41.6 Å². The second-order valence-electron chi connectivity index (χ2n) is 6.05. The zero-order valence-electron chi connectivity index (χ0n) is 13.8. The predicted molar refractivity (Wildman–Crippen MR) is 91.2 cm³/mol. The van der Waals surface area contributed by atoms with Crippen LogP contribution in [0.2, 0.25) is 0 Å². The molecule has 0 bridgehead atoms. The van der Waals surface area contributed by atoms with Gasteiger partial charge >= 0.3 is 6.18 Å². The molecule has 0 saturated carbocycles. The number of nitrogens with one attached hydrogen (secondary N) is 2.